The number of hydrogen-bond donors (Lipinski definition) is 2. The van der Waals surface area contributed by atoms with E-state index in [4.69, 9.17) is 4.74 Å². The van der Waals surface area contributed by atoms with Gasteiger partial charge in [0.05, 0.1) is 17.7 Å². The van der Waals surface area contributed by atoms with Crippen molar-refractivity contribution in [2.45, 2.75) is 43.0 Å². The number of benzene rings is 1. The van der Waals surface area contributed by atoms with Crippen LogP contribution in [-0.4, -0.2) is 68.8 Å². The van der Waals surface area contributed by atoms with Crippen LogP contribution in [-0.2, 0) is 19.6 Å². The van der Waals surface area contributed by atoms with Gasteiger partial charge in [0.15, 0.2) is 0 Å². The summed E-state index contributed by atoms with van der Waals surface area (Å²) >= 11 is 0. The number of imide groups is 1. The minimum atomic E-state index is -3.73. The van der Waals surface area contributed by atoms with Crippen LogP contribution in [0.5, 0.6) is 5.75 Å². The third-order valence-electron chi connectivity index (χ3n) is 6.03. The first-order valence-corrected chi connectivity index (χ1v) is 11.5. The molecular weight excluding hydrogens is 424 g/mol. The summed E-state index contributed by atoms with van der Waals surface area (Å²) in [5, 5.41) is 5.36. The average molecular weight is 453 g/mol. The number of rotatable bonds is 6. The van der Waals surface area contributed by atoms with Crippen LogP contribution in [0.25, 0.3) is 0 Å². The Balaban J connectivity index is 1.79. The second kappa shape index (κ2) is 8.46. The number of anilines is 1. The van der Waals surface area contributed by atoms with E-state index in [0.717, 1.165) is 28.5 Å². The van der Waals surface area contributed by atoms with Gasteiger partial charge in [-0.15, -0.1) is 0 Å². The molecule has 1 aromatic carbocycles. The van der Waals surface area contributed by atoms with E-state index in [1.54, 1.807) is 0 Å². The van der Waals surface area contributed by atoms with E-state index in [-0.39, 0.29) is 22.3 Å². The summed E-state index contributed by atoms with van der Waals surface area (Å²) in [4.78, 5) is 39.1. The van der Waals surface area contributed by atoms with Gasteiger partial charge < -0.3 is 15.4 Å². The zero-order valence-electron chi connectivity index (χ0n) is 18.1. The number of ether oxygens (including phenoxy) is 1. The normalized spacial score (nSPS) is 23.9. The van der Waals surface area contributed by atoms with Crippen LogP contribution in [0.1, 0.15) is 32.6 Å². The Hall–Kier alpha value is -2.66. The molecular formula is C20H28N4O6S. The molecule has 2 atom stereocenters. The van der Waals surface area contributed by atoms with E-state index >= 15 is 0 Å². The van der Waals surface area contributed by atoms with E-state index in [1.807, 2.05) is 6.92 Å². The molecule has 1 heterocycles. The monoisotopic (exact) mass is 452 g/mol. The molecule has 2 unspecified atom stereocenters. The number of carbonyl (C=O) groups excluding carboxylic acids is 3. The van der Waals surface area contributed by atoms with Crippen molar-refractivity contribution < 1.29 is 27.5 Å². The van der Waals surface area contributed by atoms with Crippen LogP contribution < -0.4 is 15.4 Å². The Morgan fingerprint density at radius 3 is 2.65 bits per heavy atom. The van der Waals surface area contributed by atoms with Gasteiger partial charge in [0, 0.05) is 14.1 Å². The number of sulfonamides is 1. The molecule has 1 aromatic rings. The lowest BCUT2D eigenvalue weighted by Crippen LogP contribution is -2.54. The summed E-state index contributed by atoms with van der Waals surface area (Å²) in [6, 6.07) is 3.49. The summed E-state index contributed by atoms with van der Waals surface area (Å²) < 4.78 is 31.1. The first kappa shape index (κ1) is 23.0. The summed E-state index contributed by atoms with van der Waals surface area (Å²) in [7, 11) is 0.459. The van der Waals surface area contributed by atoms with Gasteiger partial charge in [0.2, 0.25) is 15.9 Å². The molecule has 0 radical (unpaired) electrons. The number of amides is 4. The molecule has 1 aliphatic carbocycles. The van der Waals surface area contributed by atoms with Crippen molar-refractivity contribution in [2.75, 3.05) is 33.1 Å². The predicted octanol–water partition coefficient (Wildman–Crippen LogP) is 1.38. The highest BCUT2D eigenvalue weighted by atomic mass is 32.2. The fourth-order valence-corrected chi connectivity index (χ4v) is 5.06. The highest BCUT2D eigenvalue weighted by molar-refractivity contribution is 7.89. The van der Waals surface area contributed by atoms with Gasteiger partial charge in [-0.3, -0.25) is 14.5 Å². The third kappa shape index (κ3) is 4.11. The Labute approximate surface area is 182 Å². The van der Waals surface area contributed by atoms with Crippen LogP contribution in [0.15, 0.2) is 23.1 Å². The summed E-state index contributed by atoms with van der Waals surface area (Å²) in [5.74, 6) is -0.795. The summed E-state index contributed by atoms with van der Waals surface area (Å²) in [5.41, 5.74) is -0.823. The van der Waals surface area contributed by atoms with E-state index < -0.39 is 40.0 Å². The first-order valence-electron chi connectivity index (χ1n) is 10.1. The van der Waals surface area contributed by atoms with Gasteiger partial charge in [-0.05, 0) is 37.0 Å². The van der Waals surface area contributed by atoms with Crippen molar-refractivity contribution in [3.63, 3.8) is 0 Å². The fourth-order valence-electron chi connectivity index (χ4n) is 4.13. The minimum Gasteiger partial charge on any atom is -0.495 e. The number of nitrogens with one attached hydrogen (secondary N) is 2. The number of methoxy groups -OCH3 is 1. The molecule has 10 nitrogen and oxygen atoms in total. The van der Waals surface area contributed by atoms with E-state index in [9.17, 15) is 22.8 Å². The smallest absolute Gasteiger partial charge is 0.325 e. The Kier molecular flexibility index (Phi) is 6.28. The lowest BCUT2D eigenvalue weighted by molar-refractivity contribution is -0.136. The van der Waals surface area contributed by atoms with Gasteiger partial charge in [0.25, 0.3) is 5.91 Å². The summed E-state index contributed by atoms with van der Waals surface area (Å²) in [6.07, 6.45) is 3.21. The molecule has 1 saturated heterocycles. The average Bonchev–Trinajstić information content (AvgIpc) is 2.95. The van der Waals surface area contributed by atoms with E-state index in [2.05, 4.69) is 10.6 Å². The van der Waals surface area contributed by atoms with Crippen LogP contribution in [0, 0.1) is 5.92 Å². The van der Waals surface area contributed by atoms with Crippen LogP contribution >= 0.6 is 0 Å². The Bertz CT molecular complexity index is 1010. The number of hydrogen-bond acceptors (Lipinski definition) is 6. The van der Waals surface area contributed by atoms with Crippen molar-refractivity contribution in [1.82, 2.24) is 14.5 Å². The number of carbonyl (C=O) groups is 3. The largest absolute Gasteiger partial charge is 0.495 e. The van der Waals surface area contributed by atoms with Gasteiger partial charge in [-0.1, -0.05) is 19.8 Å². The van der Waals surface area contributed by atoms with Crippen molar-refractivity contribution in [2.24, 2.45) is 5.92 Å². The number of urea groups is 1. The number of nitrogens with zero attached hydrogens (tertiary/aromatic N) is 2. The standard InChI is InChI=1S/C20H28N4O6S/c1-13-7-5-6-10-20(13)18(26)24(19(27)22-20)12-17(25)21-15-11-14(8-9-16(15)30-4)31(28,29)23(2)3/h8-9,11,13H,5-7,10,12H2,1-4H3,(H,21,25)(H,22,27). The topological polar surface area (TPSA) is 125 Å². The van der Waals surface area contributed by atoms with Crippen LogP contribution in [0.4, 0.5) is 10.5 Å². The van der Waals surface area contributed by atoms with Crippen molar-refractivity contribution >= 4 is 33.6 Å². The van der Waals surface area contributed by atoms with E-state index in [0.29, 0.717) is 6.42 Å². The summed E-state index contributed by atoms with van der Waals surface area (Å²) in [6.45, 7) is 1.45. The highest BCUT2D eigenvalue weighted by Gasteiger charge is 2.55. The SMILES string of the molecule is COc1ccc(S(=O)(=O)N(C)C)cc1NC(=O)CN1C(=O)NC2(CCCCC2C)C1=O. The molecule has 0 bridgehead atoms. The minimum absolute atomic E-state index is 0.0150. The first-order chi connectivity index (χ1) is 14.5. The molecule has 3 rings (SSSR count). The molecule has 31 heavy (non-hydrogen) atoms. The fraction of sp³-hybridized carbons (Fsp3) is 0.550. The molecule has 1 saturated carbocycles. The maximum absolute atomic E-state index is 13.0. The van der Waals surface area contributed by atoms with Crippen molar-refractivity contribution in [1.29, 1.82) is 0 Å². The van der Waals surface area contributed by atoms with Gasteiger partial charge in [-0.25, -0.2) is 17.5 Å². The molecule has 2 N–H and O–H groups in total. The zero-order valence-corrected chi connectivity index (χ0v) is 18.9. The molecule has 0 aromatic heterocycles. The Morgan fingerprint density at radius 2 is 2.03 bits per heavy atom. The second-order valence-electron chi connectivity index (χ2n) is 8.14. The van der Waals surface area contributed by atoms with Crippen molar-refractivity contribution in [3.05, 3.63) is 18.2 Å². The maximum atomic E-state index is 13.0. The maximum Gasteiger partial charge on any atom is 0.325 e. The second-order valence-corrected chi connectivity index (χ2v) is 10.3. The Morgan fingerprint density at radius 1 is 1.32 bits per heavy atom. The van der Waals surface area contributed by atoms with Crippen LogP contribution in [0.3, 0.4) is 0 Å². The third-order valence-corrected chi connectivity index (χ3v) is 7.84. The molecule has 170 valence electrons. The quantitative estimate of drug-likeness (QED) is 0.629. The predicted molar refractivity (Wildman–Crippen MR) is 113 cm³/mol. The van der Waals surface area contributed by atoms with Crippen LogP contribution in [0.2, 0.25) is 0 Å². The van der Waals surface area contributed by atoms with E-state index in [1.165, 1.54) is 39.4 Å². The molecule has 2 fully saturated rings. The zero-order chi connectivity index (χ0) is 23.0. The molecule has 2 aliphatic rings. The van der Waals surface area contributed by atoms with Crippen molar-refractivity contribution in [3.8, 4) is 5.75 Å². The molecule has 11 heteroatoms. The molecule has 1 spiro atoms. The lowest BCUT2D eigenvalue weighted by Gasteiger charge is -2.36. The lowest BCUT2D eigenvalue weighted by atomic mass is 9.73. The molecule has 1 aliphatic heterocycles. The molecule has 4 amide bonds. The van der Waals surface area contributed by atoms with Gasteiger partial charge in [-0.2, -0.15) is 0 Å². The highest BCUT2D eigenvalue weighted by Crippen LogP contribution is 2.38. The van der Waals surface area contributed by atoms with Gasteiger partial charge in [0.1, 0.15) is 17.8 Å². The van der Waals surface area contributed by atoms with Gasteiger partial charge >= 0.3 is 6.03 Å².